The van der Waals surface area contributed by atoms with Gasteiger partial charge >= 0.3 is 0 Å². The van der Waals surface area contributed by atoms with Gasteiger partial charge in [-0.05, 0) is 25.0 Å². The number of hydrogen-bond donors (Lipinski definition) is 1. The highest BCUT2D eigenvalue weighted by Crippen LogP contribution is 2.44. The highest BCUT2D eigenvalue weighted by molar-refractivity contribution is 7.90. The molecule has 0 amide bonds. The molecule has 0 atom stereocenters. The predicted molar refractivity (Wildman–Crippen MR) is 116 cm³/mol. The minimum absolute atomic E-state index is 0.00558. The summed E-state index contributed by atoms with van der Waals surface area (Å²) in [5.74, 6) is -1.51. The molecule has 1 saturated carbocycles. The van der Waals surface area contributed by atoms with Crippen molar-refractivity contribution in [3.8, 4) is 17.3 Å². The van der Waals surface area contributed by atoms with Crippen molar-refractivity contribution in [2.24, 2.45) is 0 Å². The van der Waals surface area contributed by atoms with E-state index in [-0.39, 0.29) is 35.7 Å². The molecule has 2 fully saturated rings. The topological polar surface area (TPSA) is 108 Å². The van der Waals surface area contributed by atoms with Gasteiger partial charge in [-0.15, -0.1) is 0 Å². The number of halogens is 2. The standard InChI is InChI=1S/C22H18F2N6O2S/c23-13-7-17(24)19-16(20-15-3-6-26-21(15)28-12-27-20)9-30(18(19)8-13)22(4-5-25)10-29(11-22)33(31,32)14-1-2-14/h3,6-9,12,14H,1-2,4,10-11H2,(H,26,27,28). The zero-order valence-corrected chi connectivity index (χ0v) is 18.1. The van der Waals surface area contributed by atoms with Crippen LogP contribution in [0.2, 0.25) is 0 Å². The Kier molecular flexibility index (Phi) is 4.19. The third kappa shape index (κ3) is 2.91. The maximum Gasteiger partial charge on any atom is 0.217 e. The molecule has 1 N–H and O–H groups in total. The van der Waals surface area contributed by atoms with Gasteiger partial charge in [-0.2, -0.15) is 9.57 Å². The minimum atomic E-state index is -3.42. The van der Waals surface area contributed by atoms with E-state index >= 15 is 4.39 Å². The van der Waals surface area contributed by atoms with Crippen LogP contribution in [0.15, 0.2) is 36.9 Å². The summed E-state index contributed by atoms with van der Waals surface area (Å²) in [4.78, 5) is 11.5. The monoisotopic (exact) mass is 468 g/mol. The SMILES string of the molecule is N#CCC1(n2cc(-c3ncnc4[nH]ccc34)c3c(F)cc(F)cc32)CN(S(=O)(=O)C2CC2)C1. The van der Waals surface area contributed by atoms with Crippen LogP contribution in [0.3, 0.4) is 0 Å². The molecule has 4 aromatic rings. The van der Waals surface area contributed by atoms with Gasteiger partial charge in [0.05, 0.1) is 34.5 Å². The first-order valence-corrected chi connectivity index (χ1v) is 12.0. The van der Waals surface area contributed by atoms with Gasteiger partial charge in [-0.25, -0.2) is 27.2 Å². The quantitative estimate of drug-likeness (QED) is 0.484. The van der Waals surface area contributed by atoms with Crippen molar-refractivity contribution in [2.45, 2.75) is 30.1 Å². The molecule has 0 radical (unpaired) electrons. The molecule has 1 aliphatic carbocycles. The Bertz CT molecular complexity index is 1580. The molecular formula is C22H18F2N6O2S. The first kappa shape index (κ1) is 20.3. The summed E-state index contributed by atoms with van der Waals surface area (Å²) in [5.41, 5.74) is 0.779. The van der Waals surface area contributed by atoms with Crippen LogP contribution in [0.1, 0.15) is 19.3 Å². The Labute approximate surface area is 187 Å². The smallest absolute Gasteiger partial charge is 0.217 e. The second-order valence-electron chi connectivity index (χ2n) is 8.73. The van der Waals surface area contributed by atoms with Crippen molar-refractivity contribution >= 4 is 32.0 Å². The predicted octanol–water partition coefficient (Wildman–Crippen LogP) is 3.27. The van der Waals surface area contributed by atoms with E-state index in [4.69, 9.17) is 0 Å². The number of benzene rings is 1. The molecule has 1 saturated heterocycles. The van der Waals surface area contributed by atoms with Crippen molar-refractivity contribution in [3.63, 3.8) is 0 Å². The van der Waals surface area contributed by atoms with Gasteiger partial charge in [-0.3, -0.25) is 0 Å². The first-order chi connectivity index (χ1) is 15.8. The van der Waals surface area contributed by atoms with Gasteiger partial charge in [0.15, 0.2) is 0 Å². The van der Waals surface area contributed by atoms with Gasteiger partial charge < -0.3 is 9.55 Å². The maximum atomic E-state index is 15.1. The Balaban J connectivity index is 1.56. The summed E-state index contributed by atoms with van der Waals surface area (Å²) in [6.45, 7) is 0.147. The number of nitrogens with zero attached hydrogens (tertiary/aromatic N) is 5. The van der Waals surface area contributed by atoms with Crippen LogP contribution in [-0.4, -0.2) is 50.6 Å². The minimum Gasteiger partial charge on any atom is -0.346 e. The lowest BCUT2D eigenvalue weighted by molar-refractivity contribution is 0.0889. The fourth-order valence-electron chi connectivity index (χ4n) is 4.80. The number of fused-ring (bicyclic) bond motifs is 2. The molecule has 2 aliphatic rings. The van der Waals surface area contributed by atoms with Crippen molar-refractivity contribution in [2.75, 3.05) is 13.1 Å². The van der Waals surface area contributed by atoms with E-state index in [1.54, 1.807) is 23.0 Å². The molecule has 11 heteroatoms. The van der Waals surface area contributed by atoms with Crippen molar-refractivity contribution in [1.82, 2.24) is 23.8 Å². The summed E-state index contributed by atoms with van der Waals surface area (Å²) in [6.07, 6.45) is 5.97. The second kappa shape index (κ2) is 6.82. The average Bonchev–Trinajstić information content (AvgIpc) is 3.39. The lowest BCUT2D eigenvalue weighted by Crippen LogP contribution is -2.64. The summed E-state index contributed by atoms with van der Waals surface area (Å²) < 4.78 is 57.9. The fraction of sp³-hybridized carbons (Fsp3) is 0.318. The Morgan fingerprint density at radius 2 is 2.03 bits per heavy atom. The van der Waals surface area contributed by atoms with Crippen LogP contribution in [-0.2, 0) is 15.6 Å². The average molecular weight is 468 g/mol. The van der Waals surface area contributed by atoms with Crippen molar-refractivity contribution in [1.29, 1.82) is 5.26 Å². The Hall–Kier alpha value is -3.36. The van der Waals surface area contributed by atoms with E-state index in [2.05, 4.69) is 21.0 Å². The number of hydrogen-bond acceptors (Lipinski definition) is 5. The van der Waals surface area contributed by atoms with Crippen LogP contribution < -0.4 is 0 Å². The number of nitriles is 1. The lowest BCUT2D eigenvalue weighted by atomic mass is 9.88. The summed E-state index contributed by atoms with van der Waals surface area (Å²) in [5, 5.41) is 10.0. The molecule has 1 aliphatic heterocycles. The summed E-state index contributed by atoms with van der Waals surface area (Å²) in [6, 6.07) is 5.93. The second-order valence-corrected chi connectivity index (χ2v) is 10.9. The molecule has 3 aromatic heterocycles. The van der Waals surface area contributed by atoms with Crippen LogP contribution in [0.4, 0.5) is 8.78 Å². The van der Waals surface area contributed by atoms with E-state index < -0.39 is 27.2 Å². The molecule has 6 rings (SSSR count). The van der Waals surface area contributed by atoms with E-state index in [0.717, 1.165) is 6.07 Å². The summed E-state index contributed by atoms with van der Waals surface area (Å²) in [7, 11) is -3.42. The third-order valence-corrected chi connectivity index (χ3v) is 8.89. The van der Waals surface area contributed by atoms with Crippen LogP contribution in [0.25, 0.3) is 33.2 Å². The molecule has 1 aromatic carbocycles. The molecule has 4 heterocycles. The third-order valence-electron chi connectivity index (χ3n) is 6.60. The normalized spacial score (nSPS) is 18.5. The molecule has 0 bridgehead atoms. The fourth-order valence-corrected chi connectivity index (χ4v) is 6.80. The first-order valence-electron chi connectivity index (χ1n) is 10.5. The Morgan fingerprint density at radius 1 is 1.24 bits per heavy atom. The molecule has 0 spiro atoms. The van der Waals surface area contributed by atoms with E-state index in [1.165, 1.54) is 16.7 Å². The summed E-state index contributed by atoms with van der Waals surface area (Å²) >= 11 is 0. The van der Waals surface area contributed by atoms with Gasteiger partial charge in [-0.1, -0.05) is 0 Å². The van der Waals surface area contributed by atoms with Crippen LogP contribution in [0, 0.1) is 23.0 Å². The molecular weight excluding hydrogens is 450 g/mol. The largest absolute Gasteiger partial charge is 0.346 e. The number of nitrogens with one attached hydrogen (secondary N) is 1. The van der Waals surface area contributed by atoms with Gasteiger partial charge in [0.2, 0.25) is 10.0 Å². The lowest BCUT2D eigenvalue weighted by Gasteiger charge is -2.49. The van der Waals surface area contributed by atoms with E-state index in [1.807, 2.05) is 0 Å². The Morgan fingerprint density at radius 3 is 2.76 bits per heavy atom. The van der Waals surface area contributed by atoms with Crippen molar-refractivity contribution < 1.29 is 17.2 Å². The number of H-pyrrole nitrogens is 1. The number of sulfonamides is 1. The van der Waals surface area contributed by atoms with E-state index in [9.17, 15) is 18.1 Å². The number of rotatable bonds is 5. The zero-order chi connectivity index (χ0) is 23.0. The van der Waals surface area contributed by atoms with Gasteiger partial charge in [0.25, 0.3) is 0 Å². The van der Waals surface area contributed by atoms with E-state index in [0.29, 0.717) is 35.1 Å². The van der Waals surface area contributed by atoms with Crippen molar-refractivity contribution in [3.05, 3.63) is 48.6 Å². The van der Waals surface area contributed by atoms with Crippen LogP contribution >= 0.6 is 0 Å². The highest BCUT2D eigenvalue weighted by atomic mass is 32.2. The molecule has 8 nitrogen and oxygen atoms in total. The molecule has 0 unspecified atom stereocenters. The maximum absolute atomic E-state index is 15.1. The van der Waals surface area contributed by atoms with Crippen LogP contribution in [0.5, 0.6) is 0 Å². The number of aromatic amines is 1. The highest BCUT2D eigenvalue weighted by Gasteiger charge is 2.53. The van der Waals surface area contributed by atoms with Gasteiger partial charge in [0, 0.05) is 47.9 Å². The van der Waals surface area contributed by atoms with Gasteiger partial charge in [0.1, 0.15) is 23.6 Å². The molecule has 168 valence electrons. The zero-order valence-electron chi connectivity index (χ0n) is 17.3. The molecule has 33 heavy (non-hydrogen) atoms. The number of aromatic nitrogens is 4.